The van der Waals surface area contributed by atoms with Crippen LogP contribution in [0.25, 0.3) is 0 Å². The highest BCUT2D eigenvalue weighted by Gasteiger charge is 2.40. The second-order valence-electron chi connectivity index (χ2n) is 4.81. The van der Waals surface area contributed by atoms with Crippen LogP contribution in [-0.2, 0) is 0 Å². The second-order valence-corrected chi connectivity index (χ2v) is 4.81. The lowest BCUT2D eigenvalue weighted by Gasteiger charge is -2.46. The van der Waals surface area contributed by atoms with Gasteiger partial charge < -0.3 is 10.1 Å². The molecule has 0 aliphatic carbocycles. The van der Waals surface area contributed by atoms with Crippen LogP contribution >= 0.6 is 0 Å². The van der Waals surface area contributed by atoms with Crippen molar-refractivity contribution in [1.82, 2.24) is 5.32 Å². The molecule has 2 rings (SSSR count). The van der Waals surface area contributed by atoms with Gasteiger partial charge in [-0.1, -0.05) is 13.8 Å². The van der Waals surface area contributed by atoms with Gasteiger partial charge in [0, 0.05) is 24.2 Å². The van der Waals surface area contributed by atoms with Crippen LogP contribution in [0.15, 0.2) is 12.1 Å². The van der Waals surface area contributed by atoms with Crippen LogP contribution in [0.3, 0.4) is 0 Å². The van der Waals surface area contributed by atoms with Gasteiger partial charge in [-0.3, -0.25) is 0 Å². The van der Waals surface area contributed by atoms with Gasteiger partial charge in [-0.2, -0.15) is 0 Å². The van der Waals surface area contributed by atoms with Crippen molar-refractivity contribution >= 4 is 0 Å². The Kier molecular flexibility index (Phi) is 2.62. The monoisotopic (exact) mass is 227 g/mol. The highest BCUT2D eigenvalue weighted by atomic mass is 19.1. The van der Waals surface area contributed by atoms with Gasteiger partial charge >= 0.3 is 0 Å². The van der Waals surface area contributed by atoms with E-state index in [1.807, 2.05) is 13.8 Å². The maximum absolute atomic E-state index is 13.7. The van der Waals surface area contributed by atoms with Crippen molar-refractivity contribution in [1.29, 1.82) is 0 Å². The Bertz CT molecular complexity index is 418. The molecule has 0 bridgehead atoms. The molecule has 0 spiro atoms. The van der Waals surface area contributed by atoms with Crippen LogP contribution in [-0.4, -0.2) is 13.7 Å². The Balaban J connectivity index is 2.39. The fourth-order valence-electron chi connectivity index (χ4n) is 2.06. The summed E-state index contributed by atoms with van der Waals surface area (Å²) in [4.78, 5) is 0. The van der Waals surface area contributed by atoms with Gasteiger partial charge in [0.1, 0.15) is 5.82 Å². The molecule has 1 aromatic rings. The number of rotatable bonds is 2. The SMILES string of the molecule is COc1cc(F)c(C2NCC2(C)C)cc1F. The summed E-state index contributed by atoms with van der Waals surface area (Å²) in [6, 6.07) is 2.18. The Morgan fingerprint density at radius 3 is 2.44 bits per heavy atom. The summed E-state index contributed by atoms with van der Waals surface area (Å²) in [6.45, 7) is 4.86. The molecule has 1 unspecified atom stereocenters. The lowest BCUT2D eigenvalue weighted by molar-refractivity contribution is 0.124. The lowest BCUT2D eigenvalue weighted by Crippen LogP contribution is -2.52. The average molecular weight is 227 g/mol. The van der Waals surface area contributed by atoms with E-state index in [1.165, 1.54) is 13.2 Å². The van der Waals surface area contributed by atoms with Gasteiger partial charge in [0.15, 0.2) is 11.6 Å². The van der Waals surface area contributed by atoms with Crippen LogP contribution in [0.2, 0.25) is 0 Å². The quantitative estimate of drug-likeness (QED) is 0.838. The minimum absolute atomic E-state index is 0.0398. The molecule has 88 valence electrons. The topological polar surface area (TPSA) is 21.3 Å². The van der Waals surface area contributed by atoms with Crippen LogP contribution in [0.4, 0.5) is 8.78 Å². The van der Waals surface area contributed by atoms with E-state index in [-0.39, 0.29) is 17.2 Å². The average Bonchev–Trinajstić information content (AvgIpc) is 2.21. The normalized spacial score (nSPS) is 22.7. The fraction of sp³-hybridized carbons (Fsp3) is 0.500. The largest absolute Gasteiger partial charge is 0.494 e. The van der Waals surface area contributed by atoms with Gasteiger partial charge in [0.25, 0.3) is 0 Å². The molecular weight excluding hydrogens is 212 g/mol. The summed E-state index contributed by atoms with van der Waals surface area (Å²) >= 11 is 0. The first kappa shape index (κ1) is 11.3. The van der Waals surface area contributed by atoms with Crippen molar-refractivity contribution in [2.45, 2.75) is 19.9 Å². The molecule has 1 aromatic carbocycles. The van der Waals surface area contributed by atoms with E-state index in [4.69, 9.17) is 4.74 Å². The summed E-state index contributed by atoms with van der Waals surface area (Å²) < 4.78 is 32.0. The predicted octanol–water partition coefficient (Wildman–Crippen LogP) is 2.64. The van der Waals surface area contributed by atoms with Gasteiger partial charge in [-0.15, -0.1) is 0 Å². The van der Waals surface area contributed by atoms with E-state index in [1.54, 1.807) is 0 Å². The van der Waals surface area contributed by atoms with E-state index in [0.717, 1.165) is 12.6 Å². The molecule has 1 atom stereocenters. The number of hydrogen-bond donors (Lipinski definition) is 1. The summed E-state index contributed by atoms with van der Waals surface area (Å²) in [5.74, 6) is -1.01. The van der Waals surface area contributed by atoms with Crippen LogP contribution in [0, 0.1) is 17.0 Å². The standard InChI is InChI=1S/C12H15F2NO/c1-12(2)6-15-11(12)7-4-9(14)10(16-3)5-8(7)13/h4-5,11,15H,6H2,1-3H3. The molecule has 0 aromatic heterocycles. The van der Waals surface area contributed by atoms with Gasteiger partial charge in [-0.05, 0) is 11.5 Å². The summed E-state index contributed by atoms with van der Waals surface area (Å²) in [6.07, 6.45) is 0. The third kappa shape index (κ3) is 1.67. The molecule has 0 radical (unpaired) electrons. The van der Waals surface area contributed by atoms with E-state index >= 15 is 0 Å². The van der Waals surface area contributed by atoms with E-state index in [9.17, 15) is 8.78 Å². The zero-order chi connectivity index (χ0) is 11.9. The Morgan fingerprint density at radius 1 is 1.31 bits per heavy atom. The van der Waals surface area contributed by atoms with Crippen molar-refractivity contribution in [2.75, 3.05) is 13.7 Å². The zero-order valence-electron chi connectivity index (χ0n) is 9.60. The predicted molar refractivity (Wildman–Crippen MR) is 57.4 cm³/mol. The molecule has 1 fully saturated rings. The van der Waals surface area contributed by atoms with Crippen LogP contribution < -0.4 is 10.1 Å². The van der Waals surface area contributed by atoms with Crippen molar-refractivity contribution in [3.05, 3.63) is 29.3 Å². The van der Waals surface area contributed by atoms with Crippen molar-refractivity contribution in [3.8, 4) is 5.75 Å². The van der Waals surface area contributed by atoms with Crippen LogP contribution in [0.5, 0.6) is 5.75 Å². The van der Waals surface area contributed by atoms with Gasteiger partial charge in [-0.25, -0.2) is 8.78 Å². The summed E-state index contributed by atoms with van der Waals surface area (Å²) in [5, 5.41) is 3.11. The molecule has 16 heavy (non-hydrogen) atoms. The Labute approximate surface area is 93.6 Å². The smallest absolute Gasteiger partial charge is 0.165 e. The van der Waals surface area contributed by atoms with Crippen molar-refractivity contribution < 1.29 is 13.5 Å². The molecule has 1 saturated heterocycles. The number of benzene rings is 1. The summed E-state index contributed by atoms with van der Waals surface area (Å²) in [5.41, 5.74) is 0.330. The third-order valence-electron chi connectivity index (χ3n) is 3.13. The molecule has 1 aliphatic rings. The highest BCUT2D eigenvalue weighted by Crippen LogP contribution is 2.42. The first-order chi connectivity index (χ1) is 7.45. The maximum Gasteiger partial charge on any atom is 0.165 e. The van der Waals surface area contributed by atoms with Gasteiger partial charge in [0.2, 0.25) is 0 Å². The fourth-order valence-corrected chi connectivity index (χ4v) is 2.06. The van der Waals surface area contributed by atoms with Crippen LogP contribution in [0.1, 0.15) is 25.5 Å². The van der Waals surface area contributed by atoms with E-state index in [0.29, 0.717) is 5.56 Å². The second kappa shape index (κ2) is 3.70. The number of ether oxygens (including phenoxy) is 1. The Morgan fingerprint density at radius 2 is 2.00 bits per heavy atom. The molecule has 1 heterocycles. The van der Waals surface area contributed by atoms with E-state index in [2.05, 4.69) is 5.32 Å². The van der Waals surface area contributed by atoms with Crippen molar-refractivity contribution in [2.24, 2.45) is 5.41 Å². The minimum Gasteiger partial charge on any atom is -0.494 e. The minimum atomic E-state index is -0.525. The first-order valence-electron chi connectivity index (χ1n) is 5.22. The molecule has 4 heteroatoms. The maximum atomic E-state index is 13.7. The molecule has 1 N–H and O–H groups in total. The summed E-state index contributed by atoms with van der Waals surface area (Å²) in [7, 11) is 1.32. The van der Waals surface area contributed by atoms with Gasteiger partial charge in [0.05, 0.1) is 7.11 Å². The first-order valence-corrected chi connectivity index (χ1v) is 5.22. The van der Waals surface area contributed by atoms with E-state index < -0.39 is 11.6 Å². The Hall–Kier alpha value is -1.16. The highest BCUT2D eigenvalue weighted by molar-refractivity contribution is 5.34. The lowest BCUT2D eigenvalue weighted by atomic mass is 9.74. The number of halogens is 2. The molecule has 2 nitrogen and oxygen atoms in total. The molecular formula is C12H15F2NO. The number of methoxy groups -OCH3 is 1. The molecule has 0 saturated carbocycles. The van der Waals surface area contributed by atoms with Crippen molar-refractivity contribution in [3.63, 3.8) is 0 Å². The number of nitrogens with one attached hydrogen (secondary N) is 1. The molecule has 0 amide bonds. The third-order valence-corrected chi connectivity index (χ3v) is 3.13. The molecule has 1 aliphatic heterocycles. The number of hydrogen-bond acceptors (Lipinski definition) is 2. The zero-order valence-corrected chi connectivity index (χ0v) is 9.60.